The molecule has 4 nitrogen and oxygen atoms in total. The van der Waals surface area contributed by atoms with E-state index in [0.29, 0.717) is 0 Å². The van der Waals surface area contributed by atoms with Crippen LogP contribution in [-0.2, 0) is 24.7 Å². The van der Waals surface area contributed by atoms with Crippen LogP contribution in [-0.4, -0.2) is 25.8 Å². The van der Waals surface area contributed by atoms with Gasteiger partial charge >= 0.3 is 0 Å². The Morgan fingerprint density at radius 3 is 1.36 bits per heavy atom. The molecule has 0 bridgehead atoms. The first kappa shape index (κ1) is 72.1. The van der Waals surface area contributed by atoms with Crippen LogP contribution in [0.5, 0.6) is 0 Å². The summed E-state index contributed by atoms with van der Waals surface area (Å²) in [5.74, 6) is 0. The quantitative estimate of drug-likeness (QED) is 0.0615. The Kier molecular flexibility index (Phi) is 27.2. The van der Waals surface area contributed by atoms with Crippen molar-refractivity contribution >= 4 is 80.0 Å². The minimum absolute atomic E-state index is 0.0946. The summed E-state index contributed by atoms with van der Waals surface area (Å²) in [6.45, 7) is 32.3. The third kappa shape index (κ3) is 17.2. The van der Waals surface area contributed by atoms with Gasteiger partial charge in [-0.2, -0.15) is 0 Å². The Hall–Kier alpha value is -9.77. The third-order valence-corrected chi connectivity index (χ3v) is 18.6. The smallest absolute Gasteiger partial charge is 0.0463 e. The molecule has 96 heavy (non-hydrogen) atoms. The van der Waals surface area contributed by atoms with Gasteiger partial charge in [0.2, 0.25) is 0 Å². The fourth-order valence-corrected chi connectivity index (χ4v) is 13.5. The molecule has 0 atom stereocenters. The van der Waals surface area contributed by atoms with E-state index in [4.69, 9.17) is 0 Å². The summed E-state index contributed by atoms with van der Waals surface area (Å²) < 4.78 is 0. The zero-order chi connectivity index (χ0) is 68.4. The molecule has 2 aliphatic heterocycles. The molecule has 0 saturated heterocycles. The largest absolute Gasteiger partial charge is 0.347 e. The minimum atomic E-state index is -0.0946. The molecule has 0 fully saturated rings. The maximum atomic E-state index is 4.34. The van der Waals surface area contributed by atoms with Crippen LogP contribution < -0.4 is 14.7 Å². The van der Waals surface area contributed by atoms with Crippen molar-refractivity contribution in [3.63, 3.8) is 0 Å². The van der Waals surface area contributed by atoms with Gasteiger partial charge in [-0.1, -0.05) is 254 Å². The van der Waals surface area contributed by atoms with Crippen molar-refractivity contribution in [1.29, 1.82) is 0 Å². The van der Waals surface area contributed by atoms with Gasteiger partial charge in [-0.15, -0.1) is 6.58 Å². The van der Waals surface area contributed by atoms with Gasteiger partial charge in [0.1, 0.15) is 0 Å². The molecule has 4 heteroatoms. The molecule has 0 radical (unpaired) electrons. The number of benzene rings is 10. The molecule has 13 rings (SSSR count). The van der Waals surface area contributed by atoms with E-state index in [9.17, 15) is 0 Å². The molecule has 0 N–H and O–H groups in total. The summed E-state index contributed by atoms with van der Waals surface area (Å²) in [4.78, 5) is 11.5. The summed E-state index contributed by atoms with van der Waals surface area (Å²) in [5.41, 5.74) is 24.7. The molecule has 2 heterocycles. The summed E-state index contributed by atoms with van der Waals surface area (Å²) in [6, 6.07) is 78.0. The van der Waals surface area contributed by atoms with Crippen LogP contribution in [0.1, 0.15) is 157 Å². The highest BCUT2D eigenvalue weighted by molar-refractivity contribution is 6.14. The number of nitrogens with zero attached hydrogens (tertiary/aromatic N) is 4. The molecule has 3 aliphatic rings. The zero-order valence-corrected chi connectivity index (χ0v) is 59.7. The average molecular weight is 1270 g/mol. The second-order valence-electron chi connectivity index (χ2n) is 24.6. The van der Waals surface area contributed by atoms with Crippen molar-refractivity contribution in [2.75, 3.05) is 34.8 Å². The van der Waals surface area contributed by atoms with Crippen molar-refractivity contribution in [2.45, 2.75) is 133 Å². The van der Waals surface area contributed by atoms with Crippen LogP contribution in [0.2, 0.25) is 0 Å². The number of allylic oxidation sites excluding steroid dienone is 5. The van der Waals surface area contributed by atoms with E-state index in [2.05, 4.69) is 312 Å². The maximum absolute atomic E-state index is 4.34. The molecule has 492 valence electrons. The lowest BCUT2D eigenvalue weighted by Gasteiger charge is -2.31. The van der Waals surface area contributed by atoms with Crippen LogP contribution in [0.3, 0.4) is 0 Å². The Morgan fingerprint density at radius 1 is 0.531 bits per heavy atom. The van der Waals surface area contributed by atoms with Crippen LogP contribution in [0, 0.1) is 6.92 Å². The van der Waals surface area contributed by atoms with Crippen molar-refractivity contribution in [2.24, 2.45) is 4.99 Å². The number of anilines is 5. The van der Waals surface area contributed by atoms with Crippen molar-refractivity contribution in [1.82, 2.24) is 0 Å². The summed E-state index contributed by atoms with van der Waals surface area (Å²) in [6.07, 6.45) is 27.8. The molecular weight excluding hydrogens is 1160 g/mol. The summed E-state index contributed by atoms with van der Waals surface area (Å²) in [5, 5.41) is 5.29. The highest BCUT2D eigenvalue weighted by Gasteiger charge is 2.43. The van der Waals surface area contributed by atoms with Gasteiger partial charge in [0, 0.05) is 71.6 Å². The predicted molar refractivity (Wildman–Crippen MR) is 427 cm³/mol. The zero-order valence-electron chi connectivity index (χ0n) is 59.7. The van der Waals surface area contributed by atoms with Gasteiger partial charge in [0.05, 0.1) is 0 Å². The first-order valence-corrected chi connectivity index (χ1v) is 35.2. The molecule has 0 unspecified atom stereocenters. The van der Waals surface area contributed by atoms with Gasteiger partial charge in [-0.05, 0) is 229 Å². The molecule has 10 aromatic carbocycles. The standard InChI is InChI=1S/C59H52N2.C16H22N2.C7H8.C5H10.C3H6.C2H6/c1-3-59(4-2)53-39-45(31-25-41-27-33-47(34-28-41)60-37-13-17-43-15-5-11-23-55(43)60)49-19-7-9-21-51(49)57(53)58-52-22-10-8-20-50(52)46(40-54(58)59)32-26-42-29-35-48(36-30-42)61-38-14-18-44-16-6-12-24-56(44)61;1-6-13(3)17-12-14(4)18(5)16-11-9-8-10-15(16)7-2;1-7-5-3-2-4-6-7;1-3-5-4-2;1-3-2;1-2/h5-12,15-16,19-36,39-40H,3-4,13-14,17-18,37-38H2,1-2H3;6,8-12H,1,7H2,2-5H3;2-6H,1H3;3,5H,4H2,1-2H3;3H,1H2,2H3;1-2H3/b31-25+,32-26+;14-12+,17-13?;;5-3-;;. The molecule has 1 aliphatic carbocycles. The number of hydrogen-bond donors (Lipinski definition) is 0. The summed E-state index contributed by atoms with van der Waals surface area (Å²) in [7, 11) is 2.07. The van der Waals surface area contributed by atoms with E-state index in [1.807, 2.05) is 59.0 Å². The van der Waals surface area contributed by atoms with Crippen LogP contribution >= 0.6 is 0 Å². The number of para-hydroxylation sites is 3. The topological polar surface area (TPSA) is 22.1 Å². The third-order valence-electron chi connectivity index (χ3n) is 18.6. The average Bonchev–Trinajstić information content (AvgIpc) is 1.54. The highest BCUT2D eigenvalue weighted by Crippen LogP contribution is 2.58. The van der Waals surface area contributed by atoms with Crippen molar-refractivity contribution in [3.05, 3.63) is 317 Å². The Labute approximate surface area is 577 Å². The fraction of sp³-hybridized carbons (Fsp3) is 0.250. The molecule has 0 amide bonds. The van der Waals surface area contributed by atoms with E-state index in [-0.39, 0.29) is 5.41 Å². The second kappa shape index (κ2) is 36.2. The first-order valence-electron chi connectivity index (χ1n) is 35.2. The highest BCUT2D eigenvalue weighted by atomic mass is 15.1. The van der Waals surface area contributed by atoms with Gasteiger partial charge < -0.3 is 14.7 Å². The fourth-order valence-electron chi connectivity index (χ4n) is 13.5. The lowest BCUT2D eigenvalue weighted by molar-refractivity contribution is 0.491. The van der Waals surface area contributed by atoms with E-state index in [1.165, 1.54) is 130 Å². The molecular formula is C92H104N4. The number of fused-ring (bicyclic) bond motifs is 9. The second-order valence-corrected chi connectivity index (χ2v) is 24.6. The monoisotopic (exact) mass is 1260 g/mol. The first-order chi connectivity index (χ1) is 46.9. The Bertz CT molecular complexity index is 4100. The predicted octanol–water partition coefficient (Wildman–Crippen LogP) is 26.0. The van der Waals surface area contributed by atoms with E-state index >= 15 is 0 Å². The van der Waals surface area contributed by atoms with Gasteiger partial charge in [-0.3, -0.25) is 4.99 Å². The molecule has 0 spiro atoms. The SMILES string of the molecule is C/C=C\CC.C=CC.C=CC(C)=N/C=C(\C)N(C)c1ccccc1CC.CC.CCC1(CC)c2cc(/C=C/c3ccc(N4CCCc5ccccc54)cc3)c3ccccc3c2-c2c1cc(/C=C/c1ccc(N3CCCc4ccccc43)cc1)c1ccccc21.Cc1ccccc1. The van der Waals surface area contributed by atoms with Gasteiger partial charge in [0.15, 0.2) is 0 Å². The van der Waals surface area contributed by atoms with E-state index in [1.54, 1.807) is 12.2 Å². The van der Waals surface area contributed by atoms with Crippen molar-refractivity contribution < 1.29 is 0 Å². The number of aliphatic imine (C=N–C) groups is 1. The molecule has 10 aromatic rings. The number of aryl methyl sites for hydroxylation is 4. The Balaban J connectivity index is 0.000000276. The maximum Gasteiger partial charge on any atom is 0.0463 e. The lowest BCUT2D eigenvalue weighted by Crippen LogP contribution is -2.24. The number of hydrogen-bond acceptors (Lipinski definition) is 4. The van der Waals surface area contributed by atoms with Gasteiger partial charge in [-0.25, -0.2) is 0 Å². The molecule has 0 aromatic heterocycles. The number of rotatable bonds is 14. The minimum Gasteiger partial charge on any atom is -0.347 e. The molecule has 0 saturated carbocycles. The normalized spacial score (nSPS) is 13.5. The van der Waals surface area contributed by atoms with Crippen LogP contribution in [0.4, 0.5) is 28.4 Å². The van der Waals surface area contributed by atoms with E-state index in [0.717, 1.165) is 63.0 Å². The lowest BCUT2D eigenvalue weighted by atomic mass is 9.72. The van der Waals surface area contributed by atoms with Crippen LogP contribution in [0.25, 0.3) is 57.0 Å². The van der Waals surface area contributed by atoms with Gasteiger partial charge in [0.25, 0.3) is 0 Å². The summed E-state index contributed by atoms with van der Waals surface area (Å²) >= 11 is 0. The van der Waals surface area contributed by atoms with Crippen molar-refractivity contribution in [3.8, 4) is 11.1 Å². The Morgan fingerprint density at radius 2 is 0.958 bits per heavy atom. The van der Waals surface area contributed by atoms with Crippen LogP contribution in [0.15, 0.2) is 267 Å². The van der Waals surface area contributed by atoms with E-state index < -0.39 is 0 Å².